The number of nitrogens with one attached hydrogen (secondary N) is 1. The normalized spacial score (nSPS) is 22.9. The lowest BCUT2D eigenvalue weighted by Gasteiger charge is -2.32. The largest absolute Gasteiger partial charge is 0.297 e. The number of nitrogens with zero attached hydrogens (tertiary/aromatic N) is 2. The fourth-order valence-electron chi connectivity index (χ4n) is 3.41. The number of hydrogen-bond acceptors (Lipinski definition) is 2. The van der Waals surface area contributed by atoms with E-state index in [1.165, 1.54) is 32.1 Å². The van der Waals surface area contributed by atoms with Crippen LogP contribution in [0.2, 0.25) is 0 Å². The molecular formula is C16H21N3S. The van der Waals surface area contributed by atoms with E-state index in [0.717, 1.165) is 22.1 Å². The minimum absolute atomic E-state index is 0.496. The third-order valence-corrected chi connectivity index (χ3v) is 4.75. The third kappa shape index (κ3) is 2.44. The van der Waals surface area contributed by atoms with E-state index in [4.69, 9.17) is 12.2 Å². The van der Waals surface area contributed by atoms with Crippen molar-refractivity contribution in [2.45, 2.75) is 45.1 Å². The summed E-state index contributed by atoms with van der Waals surface area (Å²) in [5.41, 5.74) is 1.14. The zero-order chi connectivity index (χ0) is 13.9. The van der Waals surface area contributed by atoms with Crippen molar-refractivity contribution in [1.29, 1.82) is 0 Å². The van der Waals surface area contributed by atoms with Crippen molar-refractivity contribution in [3.63, 3.8) is 0 Å². The molecule has 3 nitrogen and oxygen atoms in total. The first-order valence-electron chi connectivity index (χ1n) is 7.53. The number of hydrogen-bond donors (Lipinski definition) is 1. The Kier molecular flexibility index (Phi) is 4.01. The molecule has 1 saturated carbocycles. The van der Waals surface area contributed by atoms with Crippen molar-refractivity contribution in [3.8, 4) is 11.4 Å². The van der Waals surface area contributed by atoms with Crippen LogP contribution in [0, 0.1) is 10.7 Å². The molecule has 1 aromatic heterocycles. The zero-order valence-electron chi connectivity index (χ0n) is 11.9. The van der Waals surface area contributed by atoms with E-state index in [-0.39, 0.29) is 0 Å². The Morgan fingerprint density at radius 1 is 1.25 bits per heavy atom. The maximum absolute atomic E-state index is 5.50. The lowest BCUT2D eigenvalue weighted by molar-refractivity contribution is 0.232. The van der Waals surface area contributed by atoms with Gasteiger partial charge in [0.1, 0.15) is 0 Å². The molecular weight excluding hydrogens is 266 g/mol. The van der Waals surface area contributed by atoms with Gasteiger partial charge in [0.05, 0.1) is 0 Å². The molecule has 0 saturated heterocycles. The molecule has 0 spiro atoms. The van der Waals surface area contributed by atoms with Crippen LogP contribution in [0.15, 0.2) is 30.3 Å². The molecule has 1 heterocycles. The van der Waals surface area contributed by atoms with Gasteiger partial charge in [-0.3, -0.25) is 9.67 Å². The Morgan fingerprint density at radius 2 is 2.00 bits per heavy atom. The summed E-state index contributed by atoms with van der Waals surface area (Å²) in [6, 6.07) is 10.8. The quantitative estimate of drug-likeness (QED) is 0.827. The number of benzene rings is 1. The Balaban J connectivity index is 2.05. The van der Waals surface area contributed by atoms with E-state index in [9.17, 15) is 0 Å². The molecule has 1 N–H and O–H groups in total. The third-order valence-electron chi connectivity index (χ3n) is 4.46. The second-order valence-corrected chi connectivity index (χ2v) is 6.00. The van der Waals surface area contributed by atoms with E-state index in [1.807, 2.05) is 6.07 Å². The van der Waals surface area contributed by atoms with Gasteiger partial charge in [0.25, 0.3) is 0 Å². The highest BCUT2D eigenvalue weighted by molar-refractivity contribution is 7.71. The number of aromatic amines is 1. The Bertz CT molecular complexity index is 614. The lowest BCUT2D eigenvalue weighted by Crippen LogP contribution is -2.23. The molecule has 1 aliphatic rings. The lowest BCUT2D eigenvalue weighted by atomic mass is 9.82. The molecule has 0 bridgehead atoms. The summed E-state index contributed by atoms with van der Waals surface area (Å²) >= 11 is 5.50. The molecule has 0 aliphatic heterocycles. The van der Waals surface area contributed by atoms with E-state index in [2.05, 4.69) is 46.0 Å². The summed E-state index contributed by atoms with van der Waals surface area (Å²) in [5.74, 6) is 1.71. The average Bonchev–Trinajstić information content (AvgIpc) is 2.89. The van der Waals surface area contributed by atoms with E-state index >= 15 is 0 Å². The van der Waals surface area contributed by atoms with Gasteiger partial charge in [0, 0.05) is 11.6 Å². The van der Waals surface area contributed by atoms with Crippen LogP contribution >= 0.6 is 12.2 Å². The standard InChI is InChI=1S/C16H21N3S/c1-2-12-8-6-7-11-14(12)19-15(17-18-16(19)20)13-9-4-3-5-10-13/h3-5,9-10,12,14H,2,6-8,11H2,1H3,(H,18,20). The van der Waals surface area contributed by atoms with Crippen molar-refractivity contribution in [3.05, 3.63) is 35.1 Å². The summed E-state index contributed by atoms with van der Waals surface area (Å²) in [5, 5.41) is 7.47. The molecule has 106 valence electrons. The highest BCUT2D eigenvalue weighted by atomic mass is 32.1. The smallest absolute Gasteiger partial charge is 0.195 e. The van der Waals surface area contributed by atoms with Crippen LogP contribution in [-0.4, -0.2) is 14.8 Å². The molecule has 20 heavy (non-hydrogen) atoms. The second kappa shape index (κ2) is 5.92. The average molecular weight is 287 g/mol. The first-order chi connectivity index (χ1) is 9.81. The van der Waals surface area contributed by atoms with Crippen LogP contribution in [0.4, 0.5) is 0 Å². The molecule has 2 unspecified atom stereocenters. The maximum atomic E-state index is 5.50. The summed E-state index contributed by atoms with van der Waals surface area (Å²) in [6.45, 7) is 2.29. The summed E-state index contributed by atoms with van der Waals surface area (Å²) < 4.78 is 3.02. The van der Waals surface area contributed by atoms with E-state index < -0.39 is 0 Å². The molecule has 0 radical (unpaired) electrons. The minimum atomic E-state index is 0.496. The SMILES string of the molecule is CCC1CCCCC1n1c(-c2ccccc2)n[nH]c1=S. The predicted molar refractivity (Wildman–Crippen MR) is 84.1 cm³/mol. The fourth-order valence-corrected chi connectivity index (χ4v) is 3.67. The maximum Gasteiger partial charge on any atom is 0.195 e. The van der Waals surface area contributed by atoms with Crippen molar-refractivity contribution in [2.24, 2.45) is 5.92 Å². The highest BCUT2D eigenvalue weighted by Gasteiger charge is 2.28. The van der Waals surface area contributed by atoms with Gasteiger partial charge in [-0.15, -0.1) is 0 Å². The van der Waals surface area contributed by atoms with E-state index in [1.54, 1.807) is 0 Å². The number of aromatic nitrogens is 3. The van der Waals surface area contributed by atoms with Crippen LogP contribution in [0.5, 0.6) is 0 Å². The number of H-pyrrole nitrogens is 1. The Labute approximate surface area is 125 Å². The predicted octanol–water partition coefficient (Wildman–Crippen LogP) is 4.75. The highest BCUT2D eigenvalue weighted by Crippen LogP contribution is 2.38. The molecule has 1 fully saturated rings. The van der Waals surface area contributed by atoms with Crippen molar-refractivity contribution < 1.29 is 0 Å². The zero-order valence-corrected chi connectivity index (χ0v) is 12.7. The molecule has 1 aliphatic carbocycles. The van der Waals surface area contributed by atoms with Crippen LogP contribution in [0.25, 0.3) is 11.4 Å². The van der Waals surface area contributed by atoms with Gasteiger partial charge < -0.3 is 0 Å². The summed E-state index contributed by atoms with van der Waals surface area (Å²) in [7, 11) is 0. The molecule has 3 rings (SSSR count). The van der Waals surface area contributed by atoms with Crippen LogP contribution in [0.3, 0.4) is 0 Å². The second-order valence-electron chi connectivity index (χ2n) is 5.61. The van der Waals surface area contributed by atoms with Gasteiger partial charge in [0.2, 0.25) is 0 Å². The van der Waals surface area contributed by atoms with Gasteiger partial charge in [-0.1, -0.05) is 56.5 Å². The molecule has 4 heteroatoms. The van der Waals surface area contributed by atoms with Crippen LogP contribution in [0.1, 0.15) is 45.1 Å². The molecule has 1 aromatic carbocycles. The Morgan fingerprint density at radius 3 is 2.75 bits per heavy atom. The van der Waals surface area contributed by atoms with Crippen LogP contribution < -0.4 is 0 Å². The fraction of sp³-hybridized carbons (Fsp3) is 0.500. The first kappa shape index (κ1) is 13.6. The summed E-state index contributed by atoms with van der Waals surface area (Å²) in [4.78, 5) is 0. The topological polar surface area (TPSA) is 33.6 Å². The van der Waals surface area contributed by atoms with Gasteiger partial charge in [-0.05, 0) is 31.0 Å². The molecule has 0 amide bonds. The van der Waals surface area contributed by atoms with Crippen LogP contribution in [-0.2, 0) is 0 Å². The molecule has 2 aromatic rings. The number of rotatable bonds is 3. The Hall–Kier alpha value is -1.42. The van der Waals surface area contributed by atoms with Crippen molar-refractivity contribution in [1.82, 2.24) is 14.8 Å². The molecule has 2 atom stereocenters. The minimum Gasteiger partial charge on any atom is -0.297 e. The summed E-state index contributed by atoms with van der Waals surface area (Å²) in [6.07, 6.45) is 6.38. The van der Waals surface area contributed by atoms with Gasteiger partial charge in [-0.25, -0.2) is 0 Å². The van der Waals surface area contributed by atoms with E-state index in [0.29, 0.717) is 6.04 Å². The van der Waals surface area contributed by atoms with Crippen molar-refractivity contribution >= 4 is 12.2 Å². The monoisotopic (exact) mass is 287 g/mol. The van der Waals surface area contributed by atoms with Gasteiger partial charge >= 0.3 is 0 Å². The first-order valence-corrected chi connectivity index (χ1v) is 7.94. The van der Waals surface area contributed by atoms with Gasteiger partial charge in [0.15, 0.2) is 10.6 Å². The van der Waals surface area contributed by atoms with Gasteiger partial charge in [-0.2, -0.15) is 5.10 Å². The van der Waals surface area contributed by atoms with Crippen molar-refractivity contribution in [2.75, 3.05) is 0 Å².